The lowest BCUT2D eigenvalue weighted by Gasteiger charge is -2.06. The Morgan fingerprint density at radius 1 is 0.900 bits per heavy atom. The minimum atomic E-state index is -1.01. The van der Waals surface area contributed by atoms with Gasteiger partial charge < -0.3 is 5.11 Å². The topological polar surface area (TPSA) is 83.5 Å². The Hall–Kier alpha value is -2.95. The zero-order chi connectivity index (χ0) is 14.3. The molecule has 98 valence electrons. The van der Waals surface area contributed by atoms with Crippen molar-refractivity contribution in [2.45, 2.75) is 0 Å². The predicted octanol–water partition coefficient (Wildman–Crippen LogP) is 1.94. The van der Waals surface area contributed by atoms with Gasteiger partial charge in [-0.05, 0) is 29.3 Å². The van der Waals surface area contributed by atoms with Crippen molar-refractivity contribution < 1.29 is 19.5 Å². The summed E-state index contributed by atoms with van der Waals surface area (Å²) in [4.78, 5) is 34.2. The summed E-state index contributed by atoms with van der Waals surface area (Å²) in [5, 5.41) is 11.1. The highest BCUT2D eigenvalue weighted by molar-refractivity contribution is 6.24. The van der Waals surface area contributed by atoms with Crippen LogP contribution in [-0.4, -0.2) is 22.9 Å². The van der Waals surface area contributed by atoms with Crippen molar-refractivity contribution in [1.29, 1.82) is 0 Å². The number of hydrogen-bond donors (Lipinski definition) is 2. The van der Waals surface area contributed by atoms with E-state index in [4.69, 9.17) is 5.11 Å². The van der Waals surface area contributed by atoms with Crippen LogP contribution in [0.2, 0.25) is 0 Å². The first-order valence-corrected chi connectivity index (χ1v) is 5.90. The van der Waals surface area contributed by atoms with E-state index in [-0.39, 0.29) is 5.56 Å². The van der Waals surface area contributed by atoms with Crippen molar-refractivity contribution in [1.82, 2.24) is 5.32 Å². The monoisotopic (exact) mass is 267 g/mol. The van der Waals surface area contributed by atoms with Crippen LogP contribution < -0.4 is 5.32 Å². The van der Waals surface area contributed by atoms with E-state index < -0.39 is 17.8 Å². The largest absolute Gasteiger partial charge is 0.478 e. The maximum absolute atomic E-state index is 11.8. The molecule has 0 atom stereocenters. The van der Waals surface area contributed by atoms with E-state index in [0.717, 1.165) is 0 Å². The molecular weight excluding hydrogens is 258 g/mol. The lowest BCUT2D eigenvalue weighted by atomic mass is 9.96. The van der Waals surface area contributed by atoms with Gasteiger partial charge in [0.15, 0.2) is 0 Å². The molecule has 3 rings (SSSR count). The average Bonchev–Trinajstić information content (AvgIpc) is 2.74. The molecule has 2 aromatic carbocycles. The quantitative estimate of drug-likeness (QED) is 0.814. The molecule has 1 aliphatic heterocycles. The molecule has 2 aromatic rings. The molecule has 0 saturated carbocycles. The molecule has 20 heavy (non-hydrogen) atoms. The smallest absolute Gasteiger partial charge is 0.335 e. The highest BCUT2D eigenvalue weighted by Crippen LogP contribution is 2.29. The van der Waals surface area contributed by atoms with Crippen molar-refractivity contribution in [3.05, 3.63) is 59.2 Å². The fourth-order valence-corrected chi connectivity index (χ4v) is 2.25. The molecule has 5 heteroatoms. The van der Waals surface area contributed by atoms with Crippen LogP contribution in [0, 0.1) is 0 Å². The molecule has 1 heterocycles. The fourth-order valence-electron chi connectivity index (χ4n) is 2.25. The minimum absolute atomic E-state index is 0.168. The number of carbonyl (C=O) groups is 3. The molecule has 0 fully saturated rings. The zero-order valence-corrected chi connectivity index (χ0v) is 10.2. The summed E-state index contributed by atoms with van der Waals surface area (Å²) in [6.07, 6.45) is 0. The summed E-state index contributed by atoms with van der Waals surface area (Å²) >= 11 is 0. The van der Waals surface area contributed by atoms with Crippen LogP contribution in [-0.2, 0) is 0 Å². The van der Waals surface area contributed by atoms with Crippen LogP contribution in [0.15, 0.2) is 42.5 Å². The van der Waals surface area contributed by atoms with Gasteiger partial charge in [-0.15, -0.1) is 0 Å². The van der Waals surface area contributed by atoms with Crippen molar-refractivity contribution in [2.24, 2.45) is 0 Å². The van der Waals surface area contributed by atoms with Gasteiger partial charge in [0.1, 0.15) is 0 Å². The molecule has 0 aliphatic carbocycles. The molecule has 5 nitrogen and oxygen atoms in total. The van der Waals surface area contributed by atoms with Gasteiger partial charge in [0.05, 0.1) is 16.7 Å². The highest BCUT2D eigenvalue weighted by atomic mass is 16.4. The lowest BCUT2D eigenvalue weighted by Crippen LogP contribution is -2.20. The number of imide groups is 1. The third-order valence-electron chi connectivity index (χ3n) is 3.21. The van der Waals surface area contributed by atoms with E-state index >= 15 is 0 Å². The molecule has 2 amide bonds. The number of amides is 2. The normalized spacial score (nSPS) is 13.0. The summed E-state index contributed by atoms with van der Waals surface area (Å²) in [5.41, 5.74) is 2.15. The van der Waals surface area contributed by atoms with Crippen LogP contribution in [0.5, 0.6) is 0 Å². The Morgan fingerprint density at radius 3 is 2.20 bits per heavy atom. The van der Waals surface area contributed by atoms with Crippen LogP contribution in [0.25, 0.3) is 11.1 Å². The molecule has 2 N–H and O–H groups in total. The van der Waals surface area contributed by atoms with Crippen molar-refractivity contribution in [3.8, 4) is 11.1 Å². The molecule has 0 aromatic heterocycles. The van der Waals surface area contributed by atoms with E-state index in [1.165, 1.54) is 12.1 Å². The summed E-state index contributed by atoms with van der Waals surface area (Å²) in [6, 6.07) is 11.2. The minimum Gasteiger partial charge on any atom is -0.478 e. The maximum Gasteiger partial charge on any atom is 0.335 e. The maximum atomic E-state index is 11.8. The predicted molar refractivity (Wildman–Crippen MR) is 70.6 cm³/mol. The van der Waals surface area contributed by atoms with Crippen molar-refractivity contribution >= 4 is 17.8 Å². The summed E-state index contributed by atoms with van der Waals surface area (Å²) < 4.78 is 0. The average molecular weight is 267 g/mol. The van der Waals surface area contributed by atoms with Gasteiger partial charge in [0.2, 0.25) is 0 Å². The number of carboxylic acid groups (broad SMARTS) is 1. The number of carboxylic acids is 1. The fraction of sp³-hybridized carbons (Fsp3) is 0. The SMILES string of the molecule is O=C(O)c1ccc(-c2cccc3c2C(=O)NC3=O)cc1. The van der Waals surface area contributed by atoms with Crippen molar-refractivity contribution in [2.75, 3.05) is 0 Å². The number of hydrogen-bond acceptors (Lipinski definition) is 3. The Bertz CT molecular complexity index is 747. The first kappa shape index (κ1) is 12.1. The number of rotatable bonds is 2. The standard InChI is InChI=1S/C15H9NO4/c17-13-11-3-1-2-10(12(11)14(18)16-13)8-4-6-9(7-5-8)15(19)20/h1-7H,(H,19,20)(H,16,17,18). The van der Waals surface area contributed by atoms with Crippen LogP contribution in [0.4, 0.5) is 0 Å². The first-order chi connectivity index (χ1) is 9.58. The Balaban J connectivity index is 2.14. The lowest BCUT2D eigenvalue weighted by molar-refractivity contribution is 0.0696. The summed E-state index contributed by atoms with van der Waals surface area (Å²) in [6.45, 7) is 0. The number of nitrogens with one attached hydrogen (secondary N) is 1. The van der Waals surface area contributed by atoms with Crippen LogP contribution in [0.1, 0.15) is 31.1 Å². The molecule has 1 aliphatic rings. The van der Waals surface area contributed by atoms with E-state index in [2.05, 4.69) is 5.32 Å². The van der Waals surface area contributed by atoms with Gasteiger partial charge >= 0.3 is 5.97 Å². The number of benzene rings is 2. The van der Waals surface area contributed by atoms with E-state index in [9.17, 15) is 14.4 Å². The first-order valence-electron chi connectivity index (χ1n) is 5.90. The summed E-state index contributed by atoms with van der Waals surface area (Å²) in [7, 11) is 0. The highest BCUT2D eigenvalue weighted by Gasteiger charge is 2.29. The van der Waals surface area contributed by atoms with Gasteiger partial charge in [-0.3, -0.25) is 14.9 Å². The third-order valence-corrected chi connectivity index (χ3v) is 3.21. The second kappa shape index (κ2) is 4.31. The molecule has 0 radical (unpaired) electrons. The van der Waals surface area contributed by atoms with Crippen molar-refractivity contribution in [3.63, 3.8) is 0 Å². The second-order valence-electron chi connectivity index (χ2n) is 4.39. The van der Waals surface area contributed by atoms with Crippen LogP contribution in [0.3, 0.4) is 0 Å². The van der Waals surface area contributed by atoms with Crippen LogP contribution >= 0.6 is 0 Å². The number of fused-ring (bicyclic) bond motifs is 1. The van der Waals surface area contributed by atoms with E-state index in [0.29, 0.717) is 22.3 Å². The zero-order valence-electron chi connectivity index (χ0n) is 10.2. The second-order valence-corrected chi connectivity index (χ2v) is 4.39. The molecular formula is C15H9NO4. The van der Waals surface area contributed by atoms with Gasteiger partial charge in [-0.2, -0.15) is 0 Å². The van der Waals surface area contributed by atoms with E-state index in [1.54, 1.807) is 30.3 Å². The summed E-state index contributed by atoms with van der Waals surface area (Å²) in [5.74, 6) is -1.85. The van der Waals surface area contributed by atoms with Gasteiger partial charge in [0.25, 0.3) is 11.8 Å². The van der Waals surface area contributed by atoms with E-state index in [1.807, 2.05) is 0 Å². The Labute approximate surface area is 113 Å². The molecule has 0 bridgehead atoms. The number of carbonyl (C=O) groups excluding carboxylic acids is 2. The molecule has 0 spiro atoms. The Morgan fingerprint density at radius 2 is 1.55 bits per heavy atom. The third kappa shape index (κ3) is 1.76. The van der Waals surface area contributed by atoms with Gasteiger partial charge in [-0.25, -0.2) is 4.79 Å². The Kier molecular flexibility index (Phi) is 2.61. The number of aromatic carboxylic acids is 1. The van der Waals surface area contributed by atoms with Gasteiger partial charge in [0, 0.05) is 0 Å². The molecule has 0 unspecified atom stereocenters. The molecule has 0 saturated heterocycles. The van der Waals surface area contributed by atoms with Gasteiger partial charge in [-0.1, -0.05) is 24.3 Å².